The highest BCUT2D eigenvalue weighted by molar-refractivity contribution is 5.75. The maximum Gasteiger partial charge on any atom is 0.220 e. The molecule has 4 heteroatoms. The predicted molar refractivity (Wildman–Crippen MR) is 68.7 cm³/mol. The van der Waals surface area contributed by atoms with Crippen LogP contribution in [0.3, 0.4) is 0 Å². The lowest BCUT2D eigenvalue weighted by atomic mass is 10.0. The van der Waals surface area contributed by atoms with Gasteiger partial charge in [0.05, 0.1) is 6.10 Å². The van der Waals surface area contributed by atoms with Crippen molar-refractivity contribution in [3.63, 3.8) is 0 Å². The van der Waals surface area contributed by atoms with Crippen LogP contribution in [0.1, 0.15) is 45.4 Å². The molecule has 0 spiro atoms. The Morgan fingerprint density at radius 3 is 2.94 bits per heavy atom. The molecule has 4 nitrogen and oxygen atoms in total. The van der Waals surface area contributed by atoms with Crippen LogP contribution in [0.25, 0.3) is 0 Å². The largest absolute Gasteiger partial charge is 0.376 e. The minimum absolute atomic E-state index is 0.142. The molecular weight excluding hydrogens is 216 g/mol. The van der Waals surface area contributed by atoms with Crippen LogP contribution in [0.2, 0.25) is 0 Å². The molecule has 0 radical (unpaired) electrons. The lowest BCUT2D eigenvalue weighted by Gasteiger charge is -2.22. The Labute approximate surface area is 104 Å². The lowest BCUT2D eigenvalue weighted by Crippen LogP contribution is -2.35. The third-order valence-corrected chi connectivity index (χ3v) is 3.32. The van der Waals surface area contributed by atoms with Crippen LogP contribution < -0.4 is 11.1 Å². The van der Waals surface area contributed by atoms with Crippen LogP contribution >= 0.6 is 0 Å². The Morgan fingerprint density at radius 2 is 2.29 bits per heavy atom. The number of nitrogens with two attached hydrogens (primary N) is 1. The molecule has 1 rings (SSSR count). The average Bonchev–Trinajstić information content (AvgIpc) is 2.35. The zero-order chi connectivity index (χ0) is 12.5. The van der Waals surface area contributed by atoms with E-state index < -0.39 is 0 Å². The molecule has 0 bridgehead atoms. The van der Waals surface area contributed by atoms with Crippen LogP contribution in [0, 0.1) is 5.92 Å². The molecule has 2 atom stereocenters. The van der Waals surface area contributed by atoms with E-state index in [1.54, 1.807) is 0 Å². The third-order valence-electron chi connectivity index (χ3n) is 3.32. The molecule has 1 amide bonds. The third kappa shape index (κ3) is 6.64. The minimum Gasteiger partial charge on any atom is -0.376 e. The first-order valence-electron chi connectivity index (χ1n) is 6.80. The van der Waals surface area contributed by atoms with E-state index in [9.17, 15) is 4.79 Å². The van der Waals surface area contributed by atoms with Crippen LogP contribution in [-0.4, -0.2) is 31.7 Å². The monoisotopic (exact) mass is 242 g/mol. The molecule has 0 aliphatic carbocycles. The predicted octanol–water partition coefficient (Wildman–Crippen LogP) is 1.44. The van der Waals surface area contributed by atoms with Crippen molar-refractivity contribution in [1.82, 2.24) is 5.32 Å². The number of hydrogen-bond acceptors (Lipinski definition) is 3. The van der Waals surface area contributed by atoms with Gasteiger partial charge in [0.15, 0.2) is 0 Å². The fourth-order valence-electron chi connectivity index (χ4n) is 2.09. The second kappa shape index (κ2) is 8.48. The fraction of sp³-hybridized carbons (Fsp3) is 0.923. The van der Waals surface area contributed by atoms with Crippen LogP contribution in [0.15, 0.2) is 0 Å². The van der Waals surface area contributed by atoms with E-state index in [2.05, 4.69) is 12.2 Å². The highest BCUT2D eigenvalue weighted by atomic mass is 16.5. The first-order valence-corrected chi connectivity index (χ1v) is 6.80. The van der Waals surface area contributed by atoms with Gasteiger partial charge in [0.1, 0.15) is 0 Å². The molecule has 100 valence electrons. The molecule has 0 aromatic rings. The maximum atomic E-state index is 11.6. The van der Waals surface area contributed by atoms with Gasteiger partial charge in [-0.25, -0.2) is 0 Å². The molecule has 0 saturated carbocycles. The van der Waals surface area contributed by atoms with Gasteiger partial charge in [0.2, 0.25) is 5.91 Å². The zero-order valence-electron chi connectivity index (χ0n) is 10.9. The van der Waals surface area contributed by atoms with Crippen molar-refractivity contribution in [2.24, 2.45) is 11.7 Å². The summed E-state index contributed by atoms with van der Waals surface area (Å²) in [6.45, 7) is 4.36. The van der Waals surface area contributed by atoms with Crippen molar-refractivity contribution in [3.8, 4) is 0 Å². The standard InChI is InChI=1S/C13H26N2O2/c1-11(7-8-14)5-6-13(16)15-10-12-4-2-3-9-17-12/h11-12H,2-10,14H2,1H3,(H,15,16). The molecule has 2 unspecified atom stereocenters. The van der Waals surface area contributed by atoms with Gasteiger partial charge >= 0.3 is 0 Å². The Bertz CT molecular complexity index is 215. The molecular formula is C13H26N2O2. The van der Waals surface area contributed by atoms with Crippen molar-refractivity contribution >= 4 is 5.91 Å². The Hall–Kier alpha value is -0.610. The summed E-state index contributed by atoms with van der Waals surface area (Å²) in [5.74, 6) is 0.680. The Balaban J connectivity index is 2.04. The molecule has 1 aliphatic heterocycles. The number of carbonyl (C=O) groups excluding carboxylic acids is 1. The van der Waals surface area contributed by atoms with Crippen molar-refractivity contribution < 1.29 is 9.53 Å². The van der Waals surface area contributed by atoms with Crippen molar-refractivity contribution in [2.75, 3.05) is 19.7 Å². The molecule has 1 saturated heterocycles. The second-order valence-electron chi connectivity index (χ2n) is 5.01. The van der Waals surface area contributed by atoms with E-state index in [4.69, 9.17) is 10.5 Å². The number of nitrogens with one attached hydrogen (secondary N) is 1. The number of hydrogen-bond donors (Lipinski definition) is 2. The molecule has 1 heterocycles. The quantitative estimate of drug-likeness (QED) is 0.710. The lowest BCUT2D eigenvalue weighted by molar-refractivity contribution is -0.122. The summed E-state index contributed by atoms with van der Waals surface area (Å²) in [7, 11) is 0. The van der Waals surface area contributed by atoms with Gasteiger partial charge in [-0.3, -0.25) is 4.79 Å². The van der Waals surface area contributed by atoms with Gasteiger partial charge in [-0.15, -0.1) is 0 Å². The Morgan fingerprint density at radius 1 is 1.47 bits per heavy atom. The topological polar surface area (TPSA) is 64.4 Å². The Kier molecular flexibility index (Phi) is 7.21. The van der Waals surface area contributed by atoms with E-state index >= 15 is 0 Å². The summed E-state index contributed by atoms with van der Waals surface area (Å²) in [6, 6.07) is 0. The summed E-state index contributed by atoms with van der Waals surface area (Å²) in [6.07, 6.45) is 6.20. The zero-order valence-corrected chi connectivity index (χ0v) is 10.9. The smallest absolute Gasteiger partial charge is 0.220 e. The van der Waals surface area contributed by atoms with Gasteiger partial charge in [0, 0.05) is 19.6 Å². The van der Waals surface area contributed by atoms with E-state index in [1.807, 2.05) is 0 Å². The molecule has 0 aromatic carbocycles. The van der Waals surface area contributed by atoms with Gasteiger partial charge in [-0.05, 0) is 44.6 Å². The van der Waals surface area contributed by atoms with E-state index in [0.717, 1.165) is 32.3 Å². The normalized spacial score (nSPS) is 22.1. The number of carbonyl (C=O) groups is 1. The summed E-state index contributed by atoms with van der Waals surface area (Å²) >= 11 is 0. The first kappa shape index (κ1) is 14.5. The molecule has 0 aromatic heterocycles. The number of rotatable bonds is 7. The highest BCUT2D eigenvalue weighted by Crippen LogP contribution is 2.12. The molecule has 1 fully saturated rings. The summed E-state index contributed by atoms with van der Waals surface area (Å²) in [4.78, 5) is 11.6. The maximum absolute atomic E-state index is 11.6. The minimum atomic E-state index is 0.142. The number of ether oxygens (including phenoxy) is 1. The highest BCUT2D eigenvalue weighted by Gasteiger charge is 2.14. The van der Waals surface area contributed by atoms with Gasteiger partial charge in [0.25, 0.3) is 0 Å². The summed E-state index contributed by atoms with van der Waals surface area (Å²) in [5.41, 5.74) is 5.47. The first-order chi connectivity index (χ1) is 8.22. The van der Waals surface area contributed by atoms with Gasteiger partial charge in [-0.1, -0.05) is 6.92 Å². The summed E-state index contributed by atoms with van der Waals surface area (Å²) in [5, 5.41) is 2.95. The van der Waals surface area contributed by atoms with Crippen molar-refractivity contribution in [1.29, 1.82) is 0 Å². The van der Waals surface area contributed by atoms with E-state index in [0.29, 0.717) is 25.4 Å². The molecule has 3 N–H and O–H groups in total. The molecule has 17 heavy (non-hydrogen) atoms. The van der Waals surface area contributed by atoms with Gasteiger partial charge < -0.3 is 15.8 Å². The van der Waals surface area contributed by atoms with Gasteiger partial charge in [-0.2, -0.15) is 0 Å². The second-order valence-corrected chi connectivity index (χ2v) is 5.01. The van der Waals surface area contributed by atoms with E-state index in [1.165, 1.54) is 6.42 Å². The van der Waals surface area contributed by atoms with Crippen LogP contribution in [0.4, 0.5) is 0 Å². The van der Waals surface area contributed by atoms with Crippen LogP contribution in [-0.2, 0) is 9.53 Å². The SMILES string of the molecule is CC(CCN)CCC(=O)NCC1CCCCO1. The molecule has 1 aliphatic rings. The van der Waals surface area contributed by atoms with Crippen molar-refractivity contribution in [3.05, 3.63) is 0 Å². The number of amides is 1. The van der Waals surface area contributed by atoms with Crippen LogP contribution in [0.5, 0.6) is 0 Å². The fourth-order valence-corrected chi connectivity index (χ4v) is 2.09. The average molecular weight is 242 g/mol. The van der Waals surface area contributed by atoms with Crippen molar-refractivity contribution in [2.45, 2.75) is 51.6 Å². The summed E-state index contributed by atoms with van der Waals surface area (Å²) < 4.78 is 5.56. The van der Waals surface area contributed by atoms with E-state index in [-0.39, 0.29) is 12.0 Å².